The number of carbonyl (C=O) groups is 1. The van der Waals surface area contributed by atoms with Crippen LogP contribution in [0.2, 0.25) is 0 Å². The Hall–Kier alpha value is -0.810. The first-order valence-corrected chi connectivity index (χ1v) is 7.60. The standard InChI is InChI=1S/C15H28N2O3/c1-11-8-17(13(18)20-14(2,3)4)6-5-12(11)7-15(19)9-16-10-15/h11-12,16,19H,5-10H2,1-4H3. The fraction of sp³-hybridized carbons (Fsp3) is 0.933. The highest BCUT2D eigenvalue weighted by Crippen LogP contribution is 2.32. The van der Waals surface area contributed by atoms with E-state index in [4.69, 9.17) is 4.74 Å². The SMILES string of the molecule is CC1CN(C(=O)OC(C)(C)C)CCC1CC1(O)CNC1. The quantitative estimate of drug-likeness (QED) is 0.808. The average molecular weight is 284 g/mol. The van der Waals surface area contributed by atoms with Crippen molar-refractivity contribution in [3.8, 4) is 0 Å². The van der Waals surface area contributed by atoms with Gasteiger partial charge in [0.2, 0.25) is 0 Å². The minimum Gasteiger partial charge on any atom is -0.444 e. The van der Waals surface area contributed by atoms with E-state index in [1.165, 1.54) is 0 Å². The van der Waals surface area contributed by atoms with E-state index in [0.717, 1.165) is 25.9 Å². The highest BCUT2D eigenvalue weighted by molar-refractivity contribution is 5.68. The molecule has 2 heterocycles. The molecule has 5 heteroatoms. The van der Waals surface area contributed by atoms with Crippen LogP contribution >= 0.6 is 0 Å². The number of nitrogens with zero attached hydrogens (tertiary/aromatic N) is 1. The van der Waals surface area contributed by atoms with Crippen LogP contribution in [-0.2, 0) is 4.74 Å². The Morgan fingerprint density at radius 1 is 1.45 bits per heavy atom. The maximum Gasteiger partial charge on any atom is 0.410 e. The molecule has 0 aromatic rings. The Bertz CT molecular complexity index is 361. The van der Waals surface area contributed by atoms with Gasteiger partial charge in [-0.15, -0.1) is 0 Å². The van der Waals surface area contributed by atoms with E-state index < -0.39 is 11.2 Å². The van der Waals surface area contributed by atoms with Gasteiger partial charge in [-0.1, -0.05) is 6.92 Å². The van der Waals surface area contributed by atoms with Crippen molar-refractivity contribution in [3.05, 3.63) is 0 Å². The molecule has 0 bridgehead atoms. The number of ether oxygens (including phenoxy) is 1. The topological polar surface area (TPSA) is 61.8 Å². The molecule has 5 nitrogen and oxygen atoms in total. The summed E-state index contributed by atoms with van der Waals surface area (Å²) in [5, 5.41) is 13.4. The number of carbonyl (C=O) groups excluding carboxylic acids is 1. The van der Waals surface area contributed by atoms with Crippen LogP contribution in [0.1, 0.15) is 40.5 Å². The second kappa shape index (κ2) is 5.53. The summed E-state index contributed by atoms with van der Waals surface area (Å²) in [6, 6.07) is 0. The number of aliphatic hydroxyl groups is 1. The molecule has 2 rings (SSSR count). The van der Waals surface area contributed by atoms with Crippen molar-refractivity contribution < 1.29 is 14.6 Å². The van der Waals surface area contributed by atoms with Crippen molar-refractivity contribution in [2.24, 2.45) is 11.8 Å². The zero-order chi connectivity index (χ0) is 15.0. The van der Waals surface area contributed by atoms with Gasteiger partial charge in [-0.25, -0.2) is 4.79 Å². The van der Waals surface area contributed by atoms with Crippen molar-refractivity contribution in [1.82, 2.24) is 10.2 Å². The van der Waals surface area contributed by atoms with Crippen molar-refractivity contribution in [2.45, 2.75) is 51.7 Å². The minimum absolute atomic E-state index is 0.216. The third-order valence-corrected chi connectivity index (χ3v) is 4.28. The first-order chi connectivity index (χ1) is 9.19. The summed E-state index contributed by atoms with van der Waals surface area (Å²) in [5.74, 6) is 0.890. The molecule has 2 fully saturated rings. The first kappa shape index (κ1) is 15.6. The van der Waals surface area contributed by atoms with Crippen molar-refractivity contribution in [1.29, 1.82) is 0 Å². The van der Waals surface area contributed by atoms with Gasteiger partial charge in [-0.2, -0.15) is 0 Å². The van der Waals surface area contributed by atoms with Crippen LogP contribution in [0.25, 0.3) is 0 Å². The van der Waals surface area contributed by atoms with Crippen molar-refractivity contribution >= 4 is 6.09 Å². The lowest BCUT2D eigenvalue weighted by Crippen LogP contribution is -2.61. The Balaban J connectivity index is 1.84. The van der Waals surface area contributed by atoms with Crippen LogP contribution in [-0.4, -0.2) is 53.5 Å². The van der Waals surface area contributed by atoms with Gasteiger partial charge in [0.25, 0.3) is 0 Å². The van der Waals surface area contributed by atoms with Crippen LogP contribution in [0.5, 0.6) is 0 Å². The second-order valence-electron chi connectivity index (χ2n) is 7.48. The maximum absolute atomic E-state index is 12.1. The smallest absolute Gasteiger partial charge is 0.410 e. The van der Waals surface area contributed by atoms with Crippen LogP contribution in [0.4, 0.5) is 4.79 Å². The van der Waals surface area contributed by atoms with E-state index >= 15 is 0 Å². The molecular formula is C15H28N2O3. The molecule has 0 radical (unpaired) electrons. The van der Waals surface area contributed by atoms with E-state index in [1.54, 1.807) is 4.90 Å². The van der Waals surface area contributed by atoms with Gasteiger partial charge < -0.3 is 20.1 Å². The highest BCUT2D eigenvalue weighted by atomic mass is 16.6. The molecule has 1 amide bonds. The van der Waals surface area contributed by atoms with Crippen LogP contribution < -0.4 is 5.32 Å². The third-order valence-electron chi connectivity index (χ3n) is 4.28. The summed E-state index contributed by atoms with van der Waals surface area (Å²) in [6.07, 6.45) is 1.57. The number of rotatable bonds is 2. The van der Waals surface area contributed by atoms with Crippen molar-refractivity contribution in [3.63, 3.8) is 0 Å². The summed E-state index contributed by atoms with van der Waals surface area (Å²) >= 11 is 0. The number of hydrogen-bond acceptors (Lipinski definition) is 4. The monoisotopic (exact) mass is 284 g/mol. The fourth-order valence-electron chi connectivity index (χ4n) is 3.04. The van der Waals surface area contributed by atoms with E-state index in [-0.39, 0.29) is 6.09 Å². The minimum atomic E-state index is -0.521. The Labute approximate surface area is 121 Å². The van der Waals surface area contributed by atoms with E-state index in [0.29, 0.717) is 24.9 Å². The third kappa shape index (κ3) is 3.85. The lowest BCUT2D eigenvalue weighted by atomic mass is 9.76. The van der Waals surface area contributed by atoms with Crippen LogP contribution in [0, 0.1) is 11.8 Å². The molecule has 0 spiro atoms. The zero-order valence-corrected chi connectivity index (χ0v) is 13.1. The van der Waals surface area contributed by atoms with Crippen molar-refractivity contribution in [2.75, 3.05) is 26.2 Å². The Kier molecular flexibility index (Phi) is 4.30. The molecule has 0 aliphatic carbocycles. The lowest BCUT2D eigenvalue weighted by Gasteiger charge is -2.44. The number of β-amino-alcohol motifs (C(OH)–C–C–N with tert-alkyl or cyclic N) is 1. The molecule has 0 aromatic carbocycles. The predicted octanol–water partition coefficient (Wildman–Crippen LogP) is 1.60. The molecular weight excluding hydrogens is 256 g/mol. The van der Waals surface area contributed by atoms with Gasteiger partial charge in [0.1, 0.15) is 5.60 Å². The summed E-state index contributed by atoms with van der Waals surface area (Å²) in [4.78, 5) is 13.9. The van der Waals surface area contributed by atoms with Gasteiger partial charge in [0.05, 0.1) is 5.60 Å². The molecule has 2 N–H and O–H groups in total. The predicted molar refractivity (Wildman–Crippen MR) is 77.5 cm³/mol. The molecule has 2 atom stereocenters. The summed E-state index contributed by atoms with van der Waals surface area (Å²) in [5.41, 5.74) is -0.961. The molecule has 116 valence electrons. The summed E-state index contributed by atoms with van der Waals surface area (Å²) in [6.45, 7) is 10.7. The molecule has 20 heavy (non-hydrogen) atoms. The Morgan fingerprint density at radius 2 is 2.10 bits per heavy atom. The van der Waals surface area contributed by atoms with E-state index in [2.05, 4.69) is 12.2 Å². The number of piperidine rings is 1. The molecule has 2 aliphatic heterocycles. The number of likely N-dealkylation sites (tertiary alicyclic amines) is 1. The highest BCUT2D eigenvalue weighted by Gasteiger charge is 2.40. The summed E-state index contributed by atoms with van der Waals surface area (Å²) < 4.78 is 5.42. The molecule has 0 saturated carbocycles. The largest absolute Gasteiger partial charge is 0.444 e. The zero-order valence-electron chi connectivity index (χ0n) is 13.1. The molecule has 0 aromatic heterocycles. The fourth-order valence-corrected chi connectivity index (χ4v) is 3.04. The van der Waals surface area contributed by atoms with Gasteiger partial charge in [-0.3, -0.25) is 0 Å². The lowest BCUT2D eigenvalue weighted by molar-refractivity contribution is -0.0475. The van der Waals surface area contributed by atoms with Gasteiger partial charge in [-0.05, 0) is 45.4 Å². The Morgan fingerprint density at radius 3 is 2.55 bits per heavy atom. The van der Waals surface area contributed by atoms with Crippen LogP contribution in [0.3, 0.4) is 0 Å². The normalized spacial score (nSPS) is 29.8. The number of nitrogens with one attached hydrogen (secondary N) is 1. The first-order valence-electron chi connectivity index (χ1n) is 7.60. The average Bonchev–Trinajstić information content (AvgIpc) is 2.27. The van der Waals surface area contributed by atoms with Gasteiger partial charge >= 0.3 is 6.09 Å². The molecule has 2 unspecified atom stereocenters. The van der Waals surface area contributed by atoms with Gasteiger partial charge in [0, 0.05) is 26.2 Å². The summed E-state index contributed by atoms with van der Waals surface area (Å²) in [7, 11) is 0. The van der Waals surface area contributed by atoms with E-state index in [1.807, 2.05) is 20.8 Å². The van der Waals surface area contributed by atoms with E-state index in [9.17, 15) is 9.90 Å². The molecule has 2 aliphatic rings. The second-order valence-corrected chi connectivity index (χ2v) is 7.48. The molecule has 2 saturated heterocycles. The number of amides is 1. The number of hydrogen-bond donors (Lipinski definition) is 2. The maximum atomic E-state index is 12.1. The van der Waals surface area contributed by atoms with Gasteiger partial charge in [0.15, 0.2) is 0 Å². The van der Waals surface area contributed by atoms with Crippen LogP contribution in [0.15, 0.2) is 0 Å².